The van der Waals surface area contributed by atoms with Crippen molar-refractivity contribution in [1.82, 2.24) is 4.90 Å². The summed E-state index contributed by atoms with van der Waals surface area (Å²) in [5, 5.41) is 18.7. The molecule has 1 aliphatic rings. The third-order valence-corrected chi connectivity index (χ3v) is 3.53. The molecule has 0 heterocycles. The zero-order valence-electron chi connectivity index (χ0n) is 10.5. The van der Waals surface area contributed by atoms with Crippen LogP contribution < -0.4 is 0 Å². The van der Waals surface area contributed by atoms with Crippen LogP contribution in [0.1, 0.15) is 46.5 Å². The molecule has 0 unspecified atom stereocenters. The lowest BCUT2D eigenvalue weighted by Crippen LogP contribution is -2.50. The van der Waals surface area contributed by atoms with Crippen LogP contribution in [0.4, 0.5) is 4.79 Å². The van der Waals surface area contributed by atoms with Gasteiger partial charge in [0.2, 0.25) is 0 Å². The van der Waals surface area contributed by atoms with Crippen LogP contribution in [-0.4, -0.2) is 39.9 Å². The first kappa shape index (κ1) is 13.3. The van der Waals surface area contributed by atoms with Crippen LogP contribution in [0.5, 0.6) is 0 Å². The first-order valence-electron chi connectivity index (χ1n) is 5.92. The monoisotopic (exact) mass is 229 g/mol. The lowest BCUT2D eigenvalue weighted by molar-refractivity contribution is 0.0374. The van der Waals surface area contributed by atoms with Crippen molar-refractivity contribution < 1.29 is 15.0 Å². The molecular formula is C12H23NO3. The van der Waals surface area contributed by atoms with E-state index in [0.717, 1.165) is 25.7 Å². The average Bonchev–Trinajstić information content (AvgIpc) is 2.61. The molecular weight excluding hydrogens is 206 g/mol. The normalized spacial score (nSPS) is 19.8. The Balaban J connectivity index is 2.78. The van der Waals surface area contributed by atoms with E-state index in [0.29, 0.717) is 6.54 Å². The molecule has 0 radical (unpaired) electrons. The second kappa shape index (κ2) is 4.62. The lowest BCUT2D eigenvalue weighted by Gasteiger charge is -2.40. The van der Waals surface area contributed by atoms with Crippen LogP contribution in [-0.2, 0) is 0 Å². The Morgan fingerprint density at radius 3 is 2.12 bits per heavy atom. The highest BCUT2D eigenvalue weighted by molar-refractivity contribution is 5.66. The van der Waals surface area contributed by atoms with Gasteiger partial charge in [-0.1, -0.05) is 12.8 Å². The number of carbonyl (C=O) groups is 1. The number of aliphatic hydroxyl groups excluding tert-OH is 1. The maximum Gasteiger partial charge on any atom is 0.407 e. The Hall–Kier alpha value is -0.770. The molecule has 4 heteroatoms. The first-order valence-corrected chi connectivity index (χ1v) is 5.92. The van der Waals surface area contributed by atoms with Gasteiger partial charge in [-0.25, -0.2) is 4.79 Å². The van der Waals surface area contributed by atoms with Gasteiger partial charge in [-0.3, -0.25) is 0 Å². The lowest BCUT2D eigenvalue weighted by atomic mass is 9.85. The van der Waals surface area contributed by atoms with Crippen molar-refractivity contribution in [3.8, 4) is 0 Å². The molecule has 0 aromatic heterocycles. The predicted molar refractivity (Wildman–Crippen MR) is 62.5 cm³/mol. The molecule has 0 spiro atoms. The van der Waals surface area contributed by atoms with Gasteiger partial charge in [0.05, 0.1) is 6.61 Å². The zero-order chi connectivity index (χ0) is 12.4. The van der Waals surface area contributed by atoms with Crippen molar-refractivity contribution in [2.24, 2.45) is 5.41 Å². The van der Waals surface area contributed by atoms with Crippen molar-refractivity contribution in [3.05, 3.63) is 0 Å². The third kappa shape index (κ3) is 2.88. The Labute approximate surface area is 97.3 Å². The van der Waals surface area contributed by atoms with E-state index in [4.69, 9.17) is 0 Å². The second-order valence-corrected chi connectivity index (χ2v) is 5.90. The summed E-state index contributed by atoms with van der Waals surface area (Å²) in [6, 6.07) is 0. The van der Waals surface area contributed by atoms with Crippen LogP contribution >= 0.6 is 0 Å². The van der Waals surface area contributed by atoms with Gasteiger partial charge in [0.25, 0.3) is 0 Å². The van der Waals surface area contributed by atoms with E-state index in [-0.39, 0.29) is 12.0 Å². The Morgan fingerprint density at radius 1 is 1.31 bits per heavy atom. The van der Waals surface area contributed by atoms with Crippen molar-refractivity contribution >= 4 is 6.09 Å². The number of hydrogen-bond donors (Lipinski definition) is 2. The van der Waals surface area contributed by atoms with E-state index in [1.807, 2.05) is 20.8 Å². The third-order valence-electron chi connectivity index (χ3n) is 3.53. The van der Waals surface area contributed by atoms with Crippen molar-refractivity contribution in [2.45, 2.75) is 52.0 Å². The molecule has 1 aliphatic carbocycles. The quantitative estimate of drug-likeness (QED) is 0.780. The SMILES string of the molecule is CC(C)(C)N(CC1(CO)CCCC1)C(=O)O. The van der Waals surface area contributed by atoms with Crippen molar-refractivity contribution in [2.75, 3.05) is 13.2 Å². The summed E-state index contributed by atoms with van der Waals surface area (Å²) in [6.07, 6.45) is 3.16. The molecule has 0 bridgehead atoms. The molecule has 16 heavy (non-hydrogen) atoms. The number of hydrogen-bond acceptors (Lipinski definition) is 2. The zero-order valence-corrected chi connectivity index (χ0v) is 10.5. The van der Waals surface area contributed by atoms with Gasteiger partial charge in [0.1, 0.15) is 0 Å². The van der Waals surface area contributed by atoms with Crippen LogP contribution in [0.2, 0.25) is 0 Å². The van der Waals surface area contributed by atoms with E-state index in [2.05, 4.69) is 0 Å². The van der Waals surface area contributed by atoms with E-state index in [9.17, 15) is 15.0 Å². The van der Waals surface area contributed by atoms with E-state index >= 15 is 0 Å². The maximum atomic E-state index is 11.2. The van der Waals surface area contributed by atoms with Gasteiger partial charge in [0, 0.05) is 17.5 Å². The van der Waals surface area contributed by atoms with Crippen molar-refractivity contribution in [3.63, 3.8) is 0 Å². The van der Waals surface area contributed by atoms with E-state index < -0.39 is 11.6 Å². The fourth-order valence-electron chi connectivity index (χ4n) is 2.42. The van der Waals surface area contributed by atoms with E-state index in [1.54, 1.807) is 0 Å². The number of nitrogens with zero attached hydrogens (tertiary/aromatic N) is 1. The largest absolute Gasteiger partial charge is 0.465 e. The Morgan fingerprint density at radius 2 is 1.81 bits per heavy atom. The molecule has 94 valence electrons. The predicted octanol–water partition coefficient (Wildman–Crippen LogP) is 2.32. The summed E-state index contributed by atoms with van der Waals surface area (Å²) in [5.74, 6) is 0. The molecule has 0 aliphatic heterocycles. The molecule has 0 saturated heterocycles. The van der Waals surface area contributed by atoms with E-state index in [1.165, 1.54) is 4.90 Å². The summed E-state index contributed by atoms with van der Waals surface area (Å²) < 4.78 is 0. The second-order valence-electron chi connectivity index (χ2n) is 5.90. The molecule has 4 nitrogen and oxygen atoms in total. The van der Waals surface area contributed by atoms with Gasteiger partial charge in [-0.2, -0.15) is 0 Å². The van der Waals surface area contributed by atoms with Crippen molar-refractivity contribution in [1.29, 1.82) is 0 Å². The highest BCUT2D eigenvalue weighted by Gasteiger charge is 2.39. The van der Waals surface area contributed by atoms with Crippen LogP contribution in [0.25, 0.3) is 0 Å². The summed E-state index contributed by atoms with van der Waals surface area (Å²) in [4.78, 5) is 12.7. The molecule has 1 amide bonds. The minimum atomic E-state index is -0.896. The summed E-state index contributed by atoms with van der Waals surface area (Å²) in [7, 11) is 0. The van der Waals surface area contributed by atoms with Crippen LogP contribution in [0, 0.1) is 5.41 Å². The summed E-state index contributed by atoms with van der Waals surface area (Å²) in [5.41, 5.74) is -0.609. The average molecular weight is 229 g/mol. The molecule has 0 atom stereocenters. The highest BCUT2D eigenvalue weighted by atomic mass is 16.4. The minimum absolute atomic E-state index is 0.0901. The summed E-state index contributed by atoms with van der Waals surface area (Å²) in [6.45, 7) is 6.21. The minimum Gasteiger partial charge on any atom is -0.465 e. The van der Waals surface area contributed by atoms with Crippen LogP contribution in [0.15, 0.2) is 0 Å². The topological polar surface area (TPSA) is 60.8 Å². The maximum absolute atomic E-state index is 11.2. The Bertz CT molecular complexity index is 251. The first-order chi connectivity index (χ1) is 7.31. The van der Waals surface area contributed by atoms with Gasteiger partial charge in [-0.15, -0.1) is 0 Å². The molecule has 1 rings (SSSR count). The standard InChI is InChI=1S/C12H23NO3/c1-11(2,3)13(10(15)16)8-12(9-14)6-4-5-7-12/h14H,4-9H2,1-3H3,(H,15,16). The molecule has 0 aromatic carbocycles. The number of amides is 1. The Kier molecular flexibility index (Phi) is 3.84. The summed E-state index contributed by atoms with van der Waals surface area (Å²) >= 11 is 0. The fourth-order valence-corrected chi connectivity index (χ4v) is 2.42. The van der Waals surface area contributed by atoms with Crippen LogP contribution in [0.3, 0.4) is 0 Å². The highest BCUT2D eigenvalue weighted by Crippen LogP contribution is 2.39. The molecule has 1 fully saturated rings. The smallest absolute Gasteiger partial charge is 0.407 e. The van der Waals surface area contributed by atoms with Gasteiger partial charge in [0.15, 0.2) is 0 Å². The molecule has 2 N–H and O–H groups in total. The molecule has 0 aromatic rings. The number of carboxylic acid groups (broad SMARTS) is 1. The van der Waals surface area contributed by atoms with Gasteiger partial charge in [-0.05, 0) is 33.6 Å². The van der Waals surface area contributed by atoms with Gasteiger partial charge < -0.3 is 15.1 Å². The number of rotatable bonds is 3. The van der Waals surface area contributed by atoms with Gasteiger partial charge >= 0.3 is 6.09 Å². The fraction of sp³-hybridized carbons (Fsp3) is 0.917. The number of aliphatic hydroxyl groups is 1. The molecule has 1 saturated carbocycles.